The Balaban J connectivity index is 2.20. The fourth-order valence-corrected chi connectivity index (χ4v) is 1.62. The molecule has 0 spiro atoms. The number of rotatable bonds is 3. The first-order chi connectivity index (χ1) is 9.08. The average Bonchev–Trinajstić information content (AvgIpc) is 2.41. The molecule has 1 N–H and O–H groups in total. The van der Waals surface area contributed by atoms with Crippen LogP contribution >= 0.6 is 11.6 Å². The number of nitro benzene ring substituents is 1. The number of non-ortho nitro benzene ring substituents is 1. The third-order valence-corrected chi connectivity index (χ3v) is 2.62. The van der Waals surface area contributed by atoms with E-state index in [0.29, 0.717) is 5.69 Å². The predicted molar refractivity (Wildman–Crippen MR) is 70.3 cm³/mol. The fraction of sp³-hybridized carbons (Fsp3) is 0. The van der Waals surface area contributed by atoms with E-state index in [0.717, 1.165) is 0 Å². The zero-order valence-electron chi connectivity index (χ0n) is 9.54. The highest BCUT2D eigenvalue weighted by Crippen LogP contribution is 2.26. The summed E-state index contributed by atoms with van der Waals surface area (Å²) in [6.45, 7) is 0. The van der Waals surface area contributed by atoms with Gasteiger partial charge in [-0.1, -0.05) is 17.7 Å². The van der Waals surface area contributed by atoms with Crippen molar-refractivity contribution in [2.75, 3.05) is 5.32 Å². The predicted octanol–water partition coefficient (Wildman–Crippen LogP) is 2.90. The first-order valence-corrected chi connectivity index (χ1v) is 5.62. The third-order valence-electron chi connectivity index (χ3n) is 2.31. The van der Waals surface area contributed by atoms with Gasteiger partial charge < -0.3 is 5.32 Å². The number of amides is 1. The average molecular weight is 278 g/mol. The maximum atomic E-state index is 11.8. The van der Waals surface area contributed by atoms with Gasteiger partial charge in [0.1, 0.15) is 5.69 Å². The molecular weight excluding hydrogens is 270 g/mol. The van der Waals surface area contributed by atoms with Gasteiger partial charge in [-0.25, -0.2) is 0 Å². The van der Waals surface area contributed by atoms with E-state index >= 15 is 0 Å². The van der Waals surface area contributed by atoms with E-state index in [1.807, 2.05) is 0 Å². The van der Waals surface area contributed by atoms with Crippen LogP contribution in [0.25, 0.3) is 0 Å². The Bertz CT molecular complexity index is 631. The molecule has 2 aromatic rings. The minimum atomic E-state index is -0.559. The Kier molecular flexibility index (Phi) is 3.72. The lowest BCUT2D eigenvalue weighted by Gasteiger charge is -2.06. The van der Waals surface area contributed by atoms with Crippen molar-refractivity contribution in [2.45, 2.75) is 0 Å². The highest BCUT2D eigenvalue weighted by Gasteiger charge is 2.12. The molecule has 0 aliphatic carbocycles. The van der Waals surface area contributed by atoms with Crippen LogP contribution in [0.15, 0.2) is 42.6 Å². The van der Waals surface area contributed by atoms with Gasteiger partial charge in [0.2, 0.25) is 0 Å². The molecule has 1 aromatic heterocycles. The van der Waals surface area contributed by atoms with Crippen LogP contribution in [0.1, 0.15) is 10.5 Å². The molecule has 0 saturated heterocycles. The molecule has 1 aromatic carbocycles. The van der Waals surface area contributed by atoms with Crippen LogP contribution in [0.5, 0.6) is 0 Å². The Morgan fingerprint density at radius 1 is 1.32 bits per heavy atom. The van der Waals surface area contributed by atoms with Crippen LogP contribution in [0, 0.1) is 10.1 Å². The second kappa shape index (κ2) is 5.45. The van der Waals surface area contributed by atoms with Crippen LogP contribution < -0.4 is 5.32 Å². The quantitative estimate of drug-likeness (QED) is 0.690. The molecule has 0 radical (unpaired) electrons. The molecule has 2 rings (SSSR count). The lowest BCUT2D eigenvalue weighted by molar-refractivity contribution is -0.384. The number of benzene rings is 1. The van der Waals surface area contributed by atoms with Gasteiger partial charge >= 0.3 is 0 Å². The van der Waals surface area contributed by atoms with Crippen molar-refractivity contribution in [3.63, 3.8) is 0 Å². The summed E-state index contributed by atoms with van der Waals surface area (Å²) in [6.07, 6.45) is 1.49. The second-order valence-electron chi connectivity index (χ2n) is 3.59. The SMILES string of the molecule is O=C(Nc1ccc([N+](=O)[O-])cc1Cl)c1ccccn1. The van der Waals surface area contributed by atoms with E-state index in [-0.39, 0.29) is 16.4 Å². The van der Waals surface area contributed by atoms with Crippen molar-refractivity contribution in [3.05, 3.63) is 63.4 Å². The van der Waals surface area contributed by atoms with Gasteiger partial charge in [-0.05, 0) is 18.2 Å². The molecule has 0 aliphatic rings. The van der Waals surface area contributed by atoms with E-state index in [2.05, 4.69) is 10.3 Å². The zero-order chi connectivity index (χ0) is 13.8. The summed E-state index contributed by atoms with van der Waals surface area (Å²) in [7, 11) is 0. The second-order valence-corrected chi connectivity index (χ2v) is 4.00. The largest absolute Gasteiger partial charge is 0.319 e. The summed E-state index contributed by atoms with van der Waals surface area (Å²) in [6, 6.07) is 8.74. The van der Waals surface area contributed by atoms with Crippen LogP contribution in [0.4, 0.5) is 11.4 Å². The number of halogens is 1. The van der Waals surface area contributed by atoms with Crippen molar-refractivity contribution in [3.8, 4) is 0 Å². The first kappa shape index (κ1) is 13.0. The van der Waals surface area contributed by atoms with Crippen LogP contribution in [-0.4, -0.2) is 15.8 Å². The first-order valence-electron chi connectivity index (χ1n) is 5.24. The number of aromatic nitrogens is 1. The molecule has 0 unspecified atom stereocenters. The lowest BCUT2D eigenvalue weighted by atomic mass is 10.2. The van der Waals surface area contributed by atoms with E-state index < -0.39 is 10.8 Å². The number of hydrogen-bond acceptors (Lipinski definition) is 4. The lowest BCUT2D eigenvalue weighted by Crippen LogP contribution is -2.13. The van der Waals surface area contributed by atoms with Crippen molar-refractivity contribution >= 4 is 28.9 Å². The molecule has 6 nitrogen and oxygen atoms in total. The van der Waals surface area contributed by atoms with Gasteiger partial charge in [0, 0.05) is 18.3 Å². The standard InChI is InChI=1S/C12H8ClN3O3/c13-9-7-8(16(18)19)4-5-10(9)15-12(17)11-3-1-2-6-14-11/h1-7H,(H,15,17). The Hall–Kier alpha value is -2.47. The number of nitrogens with one attached hydrogen (secondary N) is 1. The Morgan fingerprint density at radius 2 is 2.11 bits per heavy atom. The minimum absolute atomic E-state index is 0.0958. The molecular formula is C12H8ClN3O3. The molecule has 1 heterocycles. The molecule has 96 valence electrons. The van der Waals surface area contributed by atoms with Gasteiger partial charge in [-0.3, -0.25) is 19.9 Å². The van der Waals surface area contributed by atoms with Crippen LogP contribution in [-0.2, 0) is 0 Å². The number of nitrogens with zero attached hydrogens (tertiary/aromatic N) is 2. The normalized spacial score (nSPS) is 9.95. The molecule has 19 heavy (non-hydrogen) atoms. The summed E-state index contributed by atoms with van der Waals surface area (Å²) in [4.78, 5) is 25.7. The third kappa shape index (κ3) is 3.05. The van der Waals surface area contributed by atoms with Gasteiger partial charge in [-0.2, -0.15) is 0 Å². The summed E-state index contributed by atoms with van der Waals surface area (Å²) in [5, 5.41) is 13.2. The number of anilines is 1. The smallest absolute Gasteiger partial charge is 0.274 e. The van der Waals surface area contributed by atoms with E-state index in [4.69, 9.17) is 11.6 Å². The number of nitro groups is 1. The van der Waals surface area contributed by atoms with Crippen LogP contribution in [0.2, 0.25) is 5.02 Å². The van der Waals surface area contributed by atoms with Gasteiger partial charge in [-0.15, -0.1) is 0 Å². The zero-order valence-corrected chi connectivity index (χ0v) is 10.3. The maximum Gasteiger partial charge on any atom is 0.274 e. The van der Waals surface area contributed by atoms with Crippen molar-refractivity contribution in [2.24, 2.45) is 0 Å². The van der Waals surface area contributed by atoms with Crippen molar-refractivity contribution in [1.82, 2.24) is 4.98 Å². The molecule has 0 bridgehead atoms. The topological polar surface area (TPSA) is 85.1 Å². The fourth-order valence-electron chi connectivity index (χ4n) is 1.40. The Morgan fingerprint density at radius 3 is 2.68 bits per heavy atom. The van der Waals surface area contributed by atoms with Gasteiger partial charge in [0.25, 0.3) is 11.6 Å². The maximum absolute atomic E-state index is 11.8. The van der Waals surface area contributed by atoms with Gasteiger partial charge in [0.15, 0.2) is 0 Å². The number of pyridine rings is 1. The monoisotopic (exact) mass is 277 g/mol. The number of hydrogen-bond donors (Lipinski definition) is 1. The van der Waals surface area contributed by atoms with E-state index in [1.165, 1.54) is 24.4 Å². The number of carbonyl (C=O) groups excluding carboxylic acids is 1. The molecule has 0 atom stereocenters. The molecule has 7 heteroatoms. The minimum Gasteiger partial charge on any atom is -0.319 e. The van der Waals surface area contributed by atoms with Gasteiger partial charge in [0.05, 0.1) is 15.6 Å². The molecule has 0 fully saturated rings. The van der Waals surface area contributed by atoms with Crippen molar-refractivity contribution < 1.29 is 9.72 Å². The summed E-state index contributed by atoms with van der Waals surface area (Å²) in [5.74, 6) is -0.434. The van der Waals surface area contributed by atoms with E-state index in [9.17, 15) is 14.9 Å². The molecule has 0 aliphatic heterocycles. The van der Waals surface area contributed by atoms with E-state index in [1.54, 1.807) is 18.2 Å². The summed E-state index contributed by atoms with van der Waals surface area (Å²) in [5.41, 5.74) is 0.390. The molecule has 0 saturated carbocycles. The van der Waals surface area contributed by atoms with Crippen LogP contribution in [0.3, 0.4) is 0 Å². The highest BCUT2D eigenvalue weighted by molar-refractivity contribution is 6.34. The summed E-state index contributed by atoms with van der Waals surface area (Å²) >= 11 is 5.87. The number of carbonyl (C=O) groups is 1. The Labute approximate surface area is 113 Å². The molecule has 1 amide bonds. The summed E-state index contributed by atoms with van der Waals surface area (Å²) < 4.78 is 0. The highest BCUT2D eigenvalue weighted by atomic mass is 35.5. The van der Waals surface area contributed by atoms with Crippen molar-refractivity contribution in [1.29, 1.82) is 0 Å².